The van der Waals surface area contributed by atoms with Gasteiger partial charge in [0, 0.05) is 31.1 Å². The molecular formula is C19H22N6O3S. The van der Waals surface area contributed by atoms with E-state index in [0.717, 1.165) is 41.0 Å². The van der Waals surface area contributed by atoms with Crippen LogP contribution in [0.1, 0.15) is 40.2 Å². The number of carbonyl (C=O) groups is 2. The van der Waals surface area contributed by atoms with Crippen LogP contribution >= 0.6 is 11.3 Å². The second-order valence-electron chi connectivity index (χ2n) is 7.35. The Morgan fingerprint density at radius 2 is 1.86 bits per heavy atom. The first-order valence-electron chi connectivity index (χ1n) is 9.95. The summed E-state index contributed by atoms with van der Waals surface area (Å²) in [5.74, 6) is 0.702. The normalized spacial score (nSPS) is 16.6. The van der Waals surface area contributed by atoms with Crippen LogP contribution in [0, 0.1) is 6.92 Å². The summed E-state index contributed by atoms with van der Waals surface area (Å²) in [6.45, 7) is 5.78. The Balaban J connectivity index is 1.44. The van der Waals surface area contributed by atoms with Crippen molar-refractivity contribution in [2.24, 2.45) is 0 Å². The molecule has 0 saturated carbocycles. The van der Waals surface area contributed by atoms with E-state index < -0.39 is 0 Å². The van der Waals surface area contributed by atoms with Crippen LogP contribution in [0.5, 0.6) is 0 Å². The summed E-state index contributed by atoms with van der Waals surface area (Å²) in [6, 6.07) is 0. The van der Waals surface area contributed by atoms with Crippen LogP contribution in [0.15, 0.2) is 0 Å². The number of rotatable bonds is 2. The van der Waals surface area contributed by atoms with Gasteiger partial charge in [-0.1, -0.05) is 0 Å². The number of carbonyl (C=O) groups excluding carboxylic acids is 2. The number of aromatic nitrogens is 4. The second-order valence-corrected chi connectivity index (χ2v) is 8.43. The molecule has 1 fully saturated rings. The van der Waals surface area contributed by atoms with Crippen LogP contribution in [0.25, 0.3) is 15.9 Å². The van der Waals surface area contributed by atoms with Crippen molar-refractivity contribution in [2.45, 2.75) is 33.1 Å². The minimum absolute atomic E-state index is 0.185. The highest BCUT2D eigenvalue weighted by Gasteiger charge is 2.29. The zero-order chi connectivity index (χ0) is 20.1. The molecule has 152 valence electrons. The number of hydrogen-bond acceptors (Lipinski definition) is 7. The molecule has 0 bridgehead atoms. The molecule has 0 radical (unpaired) electrons. The first-order chi connectivity index (χ1) is 14.1. The van der Waals surface area contributed by atoms with Crippen LogP contribution in [-0.2, 0) is 17.6 Å². The third kappa shape index (κ3) is 2.93. The van der Waals surface area contributed by atoms with Crippen LogP contribution < -0.4 is 0 Å². The molecule has 4 heterocycles. The van der Waals surface area contributed by atoms with Gasteiger partial charge in [0.05, 0.1) is 12.0 Å². The van der Waals surface area contributed by atoms with Gasteiger partial charge in [0.15, 0.2) is 5.65 Å². The monoisotopic (exact) mass is 414 g/mol. The Hall–Kier alpha value is -2.75. The van der Waals surface area contributed by atoms with Crippen molar-refractivity contribution < 1.29 is 14.3 Å². The molecule has 0 unspecified atom stereocenters. The Morgan fingerprint density at radius 1 is 1.10 bits per heavy atom. The van der Waals surface area contributed by atoms with Crippen molar-refractivity contribution in [2.75, 3.05) is 32.8 Å². The van der Waals surface area contributed by atoms with Gasteiger partial charge in [-0.25, -0.2) is 14.8 Å². The Labute approximate surface area is 171 Å². The number of piperazine rings is 1. The van der Waals surface area contributed by atoms with Crippen molar-refractivity contribution in [1.82, 2.24) is 29.4 Å². The van der Waals surface area contributed by atoms with Crippen molar-refractivity contribution in [3.63, 3.8) is 0 Å². The first kappa shape index (κ1) is 18.3. The summed E-state index contributed by atoms with van der Waals surface area (Å²) in [5, 5.41) is 5.53. The van der Waals surface area contributed by atoms with Crippen LogP contribution in [0.2, 0.25) is 0 Å². The van der Waals surface area contributed by atoms with Gasteiger partial charge < -0.3 is 14.5 Å². The number of hydrogen-bond donors (Lipinski definition) is 0. The van der Waals surface area contributed by atoms with Crippen LogP contribution in [-0.4, -0.2) is 74.2 Å². The smallest absolute Gasteiger partial charge is 0.409 e. The van der Waals surface area contributed by atoms with Crippen LogP contribution in [0.4, 0.5) is 4.79 Å². The standard InChI is InChI=1S/C19H22N6O3S/c1-3-28-19(27)24-9-7-23(8-10-24)18(26)15-21-16-14-12-5-4-6-13(12)29-17(14)20-11(2)25(16)22-15/h3-10H2,1-2H3. The van der Waals surface area contributed by atoms with E-state index in [1.807, 2.05) is 6.92 Å². The van der Waals surface area contributed by atoms with Gasteiger partial charge in [-0.2, -0.15) is 4.52 Å². The largest absolute Gasteiger partial charge is 0.450 e. The number of amides is 2. The van der Waals surface area contributed by atoms with Gasteiger partial charge in [-0.3, -0.25) is 4.79 Å². The highest BCUT2D eigenvalue weighted by Crippen LogP contribution is 2.38. The number of thiophene rings is 1. The number of aryl methyl sites for hydroxylation is 3. The van der Waals surface area contributed by atoms with E-state index in [1.54, 1.807) is 32.6 Å². The lowest BCUT2D eigenvalue weighted by Crippen LogP contribution is -2.50. The predicted octanol–water partition coefficient (Wildman–Crippen LogP) is 2.05. The lowest BCUT2D eigenvalue weighted by atomic mass is 10.2. The minimum atomic E-state index is -0.333. The molecule has 29 heavy (non-hydrogen) atoms. The van der Waals surface area contributed by atoms with Crippen LogP contribution in [0.3, 0.4) is 0 Å². The van der Waals surface area contributed by atoms with E-state index in [9.17, 15) is 9.59 Å². The molecule has 1 saturated heterocycles. The average molecular weight is 414 g/mol. The summed E-state index contributed by atoms with van der Waals surface area (Å²) >= 11 is 1.73. The average Bonchev–Trinajstić information content (AvgIpc) is 3.42. The molecule has 0 atom stereocenters. The molecule has 2 aliphatic rings. The maximum absolute atomic E-state index is 13.0. The van der Waals surface area contributed by atoms with Gasteiger partial charge in [0.25, 0.3) is 5.91 Å². The highest BCUT2D eigenvalue weighted by atomic mass is 32.1. The van der Waals surface area contributed by atoms with Crippen molar-refractivity contribution in [3.05, 3.63) is 22.1 Å². The zero-order valence-corrected chi connectivity index (χ0v) is 17.3. The highest BCUT2D eigenvalue weighted by molar-refractivity contribution is 7.19. The number of ether oxygens (including phenoxy) is 1. The van der Waals surface area contributed by atoms with E-state index in [0.29, 0.717) is 32.8 Å². The van der Waals surface area contributed by atoms with Crippen molar-refractivity contribution >= 4 is 39.2 Å². The fourth-order valence-corrected chi connectivity index (χ4v) is 5.43. The Kier molecular flexibility index (Phi) is 4.38. The molecule has 0 N–H and O–H groups in total. The summed E-state index contributed by atoms with van der Waals surface area (Å²) in [6.07, 6.45) is 2.94. The molecule has 2 amide bonds. The topological polar surface area (TPSA) is 92.9 Å². The fourth-order valence-electron chi connectivity index (χ4n) is 4.13. The maximum Gasteiger partial charge on any atom is 0.409 e. The lowest BCUT2D eigenvalue weighted by molar-refractivity contribution is 0.0561. The van der Waals surface area contributed by atoms with Gasteiger partial charge >= 0.3 is 6.09 Å². The van der Waals surface area contributed by atoms with E-state index >= 15 is 0 Å². The molecule has 0 aromatic carbocycles. The maximum atomic E-state index is 13.0. The Morgan fingerprint density at radius 3 is 2.62 bits per heavy atom. The number of fused-ring (bicyclic) bond motifs is 5. The molecule has 3 aromatic rings. The van der Waals surface area contributed by atoms with Crippen molar-refractivity contribution in [3.8, 4) is 0 Å². The minimum Gasteiger partial charge on any atom is -0.450 e. The molecule has 1 aliphatic heterocycles. The third-order valence-corrected chi connectivity index (χ3v) is 6.77. The van der Waals surface area contributed by atoms with Gasteiger partial charge in [-0.15, -0.1) is 16.4 Å². The molecule has 9 nitrogen and oxygen atoms in total. The van der Waals surface area contributed by atoms with E-state index in [-0.39, 0.29) is 17.8 Å². The Bertz CT molecular complexity index is 1130. The second kappa shape index (κ2) is 6.94. The van der Waals surface area contributed by atoms with E-state index in [4.69, 9.17) is 9.72 Å². The summed E-state index contributed by atoms with van der Waals surface area (Å²) in [4.78, 5) is 39.9. The third-order valence-electron chi connectivity index (χ3n) is 5.59. The summed E-state index contributed by atoms with van der Waals surface area (Å²) in [7, 11) is 0. The predicted molar refractivity (Wildman–Crippen MR) is 107 cm³/mol. The molecular weight excluding hydrogens is 392 g/mol. The van der Waals surface area contributed by atoms with E-state index in [1.165, 1.54) is 10.4 Å². The number of nitrogens with zero attached hydrogens (tertiary/aromatic N) is 6. The molecule has 10 heteroatoms. The first-order valence-corrected chi connectivity index (χ1v) is 10.8. The summed E-state index contributed by atoms with van der Waals surface area (Å²) < 4.78 is 6.72. The van der Waals surface area contributed by atoms with Gasteiger partial charge in [-0.05, 0) is 38.7 Å². The van der Waals surface area contributed by atoms with Crippen molar-refractivity contribution in [1.29, 1.82) is 0 Å². The molecule has 0 spiro atoms. The summed E-state index contributed by atoms with van der Waals surface area (Å²) in [5.41, 5.74) is 2.04. The lowest BCUT2D eigenvalue weighted by Gasteiger charge is -2.33. The molecule has 5 rings (SSSR count). The molecule has 3 aromatic heterocycles. The SMILES string of the molecule is CCOC(=O)N1CCN(C(=O)c2nc3c4c5c(sc4nc(C)n3n2)CCC5)CC1. The van der Waals surface area contributed by atoms with Gasteiger partial charge in [0.2, 0.25) is 5.82 Å². The fraction of sp³-hybridized carbons (Fsp3) is 0.526. The molecule has 1 aliphatic carbocycles. The van der Waals surface area contributed by atoms with Gasteiger partial charge in [0.1, 0.15) is 10.7 Å². The quantitative estimate of drug-likeness (QED) is 0.637. The van der Waals surface area contributed by atoms with E-state index in [2.05, 4.69) is 10.1 Å². The zero-order valence-electron chi connectivity index (χ0n) is 16.5.